The molecule has 0 amide bonds. The molecule has 0 bridgehead atoms. The Morgan fingerprint density at radius 1 is 1.62 bits per heavy atom. The number of halogens is 1. The van der Waals surface area contributed by atoms with Crippen LogP contribution in [-0.4, -0.2) is 5.97 Å². The number of hydrogen-bond donors (Lipinski definition) is 0. The highest BCUT2D eigenvalue weighted by Gasteiger charge is 1.99. The van der Waals surface area contributed by atoms with Crippen LogP contribution in [0.25, 0.3) is 0 Å². The maximum Gasteiger partial charge on any atom is 0.302 e. The summed E-state index contributed by atoms with van der Waals surface area (Å²) in [5, 5.41) is 0. The molecule has 1 aromatic heterocycles. The highest BCUT2D eigenvalue weighted by atomic mass is 79.9. The number of esters is 1. The van der Waals surface area contributed by atoms with Crippen molar-refractivity contribution in [2.24, 2.45) is 7.05 Å². The second-order valence-corrected chi connectivity index (χ2v) is 2.66. The van der Waals surface area contributed by atoms with E-state index in [1.165, 1.54) is 6.92 Å². The summed E-state index contributed by atoms with van der Waals surface area (Å²) in [6.07, 6.45) is 3.85. The second-order valence-electron chi connectivity index (χ2n) is 2.66. The molecule has 0 aliphatic heterocycles. The van der Waals surface area contributed by atoms with Crippen molar-refractivity contribution in [2.45, 2.75) is 13.5 Å². The Morgan fingerprint density at radius 3 is 2.85 bits per heavy atom. The third-order valence-corrected chi connectivity index (χ3v) is 1.44. The summed E-state index contributed by atoms with van der Waals surface area (Å²) in [5.74, 6) is -0.249. The number of nitrogens with zero attached hydrogens (tertiary/aromatic N) is 1. The van der Waals surface area contributed by atoms with Crippen LogP contribution in [0.2, 0.25) is 0 Å². The molecule has 0 radical (unpaired) electrons. The Bertz CT molecular complexity index is 289. The van der Waals surface area contributed by atoms with E-state index in [0.29, 0.717) is 6.61 Å². The van der Waals surface area contributed by atoms with Crippen LogP contribution in [0.1, 0.15) is 12.5 Å². The largest absolute Gasteiger partial charge is 1.00 e. The Labute approximate surface area is 88.1 Å². The van der Waals surface area contributed by atoms with Crippen molar-refractivity contribution in [3.8, 4) is 0 Å². The van der Waals surface area contributed by atoms with Crippen molar-refractivity contribution in [3.63, 3.8) is 0 Å². The molecule has 0 spiro atoms. The third kappa shape index (κ3) is 4.62. The van der Waals surface area contributed by atoms with E-state index in [4.69, 9.17) is 4.74 Å². The topological polar surface area (TPSA) is 30.2 Å². The summed E-state index contributed by atoms with van der Waals surface area (Å²) >= 11 is 0. The van der Waals surface area contributed by atoms with Gasteiger partial charge in [-0.2, -0.15) is 0 Å². The second kappa shape index (κ2) is 5.70. The first-order chi connectivity index (χ1) is 5.68. The molecule has 0 saturated heterocycles. The van der Waals surface area contributed by atoms with Crippen molar-refractivity contribution in [3.05, 3.63) is 30.1 Å². The molecule has 0 aliphatic carbocycles. The Kier molecular flexibility index (Phi) is 5.30. The van der Waals surface area contributed by atoms with Gasteiger partial charge in [-0.05, 0) is 6.07 Å². The summed E-state index contributed by atoms with van der Waals surface area (Å²) in [6, 6.07) is 3.84. The first kappa shape index (κ1) is 12.1. The normalized spacial score (nSPS) is 8.77. The zero-order valence-corrected chi connectivity index (χ0v) is 9.24. The minimum absolute atomic E-state index is 0. The first-order valence-electron chi connectivity index (χ1n) is 3.76. The first-order valence-corrected chi connectivity index (χ1v) is 3.76. The van der Waals surface area contributed by atoms with Crippen molar-refractivity contribution < 1.29 is 31.1 Å². The lowest BCUT2D eigenvalue weighted by Gasteiger charge is -1.99. The zero-order chi connectivity index (χ0) is 8.97. The van der Waals surface area contributed by atoms with E-state index in [-0.39, 0.29) is 23.0 Å². The van der Waals surface area contributed by atoms with Crippen molar-refractivity contribution in [1.82, 2.24) is 0 Å². The molecule has 0 aromatic carbocycles. The highest BCUT2D eigenvalue weighted by molar-refractivity contribution is 5.65. The van der Waals surface area contributed by atoms with Crippen molar-refractivity contribution >= 4 is 5.97 Å². The number of aryl methyl sites for hydroxylation is 1. The van der Waals surface area contributed by atoms with E-state index in [0.717, 1.165) is 5.56 Å². The number of aromatic nitrogens is 1. The van der Waals surface area contributed by atoms with Crippen LogP contribution in [0.3, 0.4) is 0 Å². The molecule has 1 heterocycles. The van der Waals surface area contributed by atoms with Crippen molar-refractivity contribution in [2.75, 3.05) is 0 Å². The SMILES string of the molecule is CC(=O)OCc1ccc[n+](C)c1.[Br-]. The van der Waals surface area contributed by atoms with E-state index < -0.39 is 0 Å². The predicted octanol–water partition coefficient (Wildman–Crippen LogP) is -2.42. The predicted molar refractivity (Wildman–Crippen MR) is 43.1 cm³/mol. The fourth-order valence-electron chi connectivity index (χ4n) is 0.920. The smallest absolute Gasteiger partial charge is 0.302 e. The summed E-state index contributed by atoms with van der Waals surface area (Å²) in [4.78, 5) is 10.5. The molecule has 4 heteroatoms. The van der Waals surface area contributed by atoms with E-state index in [1.807, 2.05) is 36.1 Å². The van der Waals surface area contributed by atoms with Gasteiger partial charge in [-0.15, -0.1) is 0 Å². The number of rotatable bonds is 2. The van der Waals surface area contributed by atoms with Gasteiger partial charge < -0.3 is 21.7 Å². The average Bonchev–Trinajstić information content (AvgIpc) is 2.01. The number of ether oxygens (including phenoxy) is 1. The summed E-state index contributed by atoms with van der Waals surface area (Å²) in [7, 11) is 1.93. The number of hydrogen-bond acceptors (Lipinski definition) is 2. The van der Waals surface area contributed by atoms with Gasteiger partial charge in [0.15, 0.2) is 12.4 Å². The molecule has 1 aromatic rings. The molecule has 0 saturated carbocycles. The Morgan fingerprint density at radius 2 is 2.31 bits per heavy atom. The number of carbonyl (C=O) groups excluding carboxylic acids is 1. The molecule has 0 fully saturated rings. The van der Waals surface area contributed by atoms with Crippen LogP contribution < -0.4 is 21.5 Å². The van der Waals surface area contributed by atoms with Crippen LogP contribution in [0.5, 0.6) is 0 Å². The molecular formula is C9H12BrNO2. The van der Waals surface area contributed by atoms with Gasteiger partial charge in [0.1, 0.15) is 13.7 Å². The monoisotopic (exact) mass is 245 g/mol. The molecule has 3 nitrogen and oxygen atoms in total. The lowest BCUT2D eigenvalue weighted by atomic mass is 10.3. The lowest BCUT2D eigenvalue weighted by Crippen LogP contribution is -3.00. The lowest BCUT2D eigenvalue weighted by molar-refractivity contribution is -0.672. The van der Waals surface area contributed by atoms with Gasteiger partial charge in [-0.1, -0.05) is 0 Å². The molecule has 0 atom stereocenters. The van der Waals surface area contributed by atoms with E-state index in [9.17, 15) is 4.79 Å². The van der Waals surface area contributed by atoms with Gasteiger partial charge in [0.2, 0.25) is 0 Å². The standard InChI is InChI=1S/C9H12NO2.BrH/c1-8(11)12-7-9-4-3-5-10(2)6-9;/h3-6H,7H2,1-2H3;1H/q+1;/p-1. The van der Waals surface area contributed by atoms with E-state index >= 15 is 0 Å². The summed E-state index contributed by atoms with van der Waals surface area (Å²) in [6.45, 7) is 1.76. The maximum atomic E-state index is 10.5. The van der Waals surface area contributed by atoms with E-state index in [2.05, 4.69) is 0 Å². The minimum Gasteiger partial charge on any atom is -1.00 e. The van der Waals surface area contributed by atoms with Gasteiger partial charge in [0, 0.05) is 13.0 Å². The van der Waals surface area contributed by atoms with Gasteiger partial charge >= 0.3 is 5.97 Å². The summed E-state index contributed by atoms with van der Waals surface area (Å²) in [5.41, 5.74) is 0.996. The maximum absolute atomic E-state index is 10.5. The Hall–Kier alpha value is -0.900. The molecule has 0 aliphatic rings. The molecule has 72 valence electrons. The zero-order valence-electron chi connectivity index (χ0n) is 7.66. The van der Waals surface area contributed by atoms with Gasteiger partial charge in [-0.3, -0.25) is 4.79 Å². The molecular weight excluding hydrogens is 234 g/mol. The van der Waals surface area contributed by atoms with Crippen LogP contribution >= 0.6 is 0 Å². The fraction of sp³-hybridized carbons (Fsp3) is 0.333. The van der Waals surface area contributed by atoms with Crippen LogP contribution in [0, 0.1) is 0 Å². The minimum atomic E-state index is -0.249. The quantitative estimate of drug-likeness (QED) is 0.429. The third-order valence-electron chi connectivity index (χ3n) is 1.44. The van der Waals surface area contributed by atoms with Gasteiger partial charge in [-0.25, -0.2) is 4.57 Å². The molecule has 13 heavy (non-hydrogen) atoms. The molecule has 0 N–H and O–H groups in total. The van der Waals surface area contributed by atoms with Crippen LogP contribution in [-0.2, 0) is 23.2 Å². The number of pyridine rings is 1. The molecule has 1 rings (SSSR count). The van der Waals surface area contributed by atoms with Crippen molar-refractivity contribution in [1.29, 1.82) is 0 Å². The average molecular weight is 246 g/mol. The Balaban J connectivity index is 0.00000144. The molecule has 0 unspecified atom stereocenters. The van der Waals surface area contributed by atoms with Crippen LogP contribution in [0.15, 0.2) is 24.5 Å². The summed E-state index contributed by atoms with van der Waals surface area (Å²) < 4.78 is 6.75. The fourth-order valence-corrected chi connectivity index (χ4v) is 0.920. The highest BCUT2D eigenvalue weighted by Crippen LogP contribution is 1.96. The van der Waals surface area contributed by atoms with E-state index in [1.54, 1.807) is 0 Å². The van der Waals surface area contributed by atoms with Gasteiger partial charge in [0.05, 0.1) is 5.56 Å². The number of carbonyl (C=O) groups is 1. The van der Waals surface area contributed by atoms with Gasteiger partial charge in [0.25, 0.3) is 0 Å². The van der Waals surface area contributed by atoms with Crippen LogP contribution in [0.4, 0.5) is 0 Å².